The maximum absolute atomic E-state index is 13.5. The van der Waals surface area contributed by atoms with Crippen molar-refractivity contribution in [2.24, 2.45) is 27.6 Å². The van der Waals surface area contributed by atoms with Gasteiger partial charge in [-0.3, -0.25) is 0 Å². The summed E-state index contributed by atoms with van der Waals surface area (Å²) in [7, 11) is 0. The summed E-state index contributed by atoms with van der Waals surface area (Å²) in [6.45, 7) is 7.74. The van der Waals surface area contributed by atoms with Gasteiger partial charge in [0.25, 0.3) is 0 Å². The lowest BCUT2D eigenvalue weighted by atomic mass is 9.24. The number of alkyl halides is 3. The van der Waals surface area contributed by atoms with Crippen molar-refractivity contribution in [3.05, 3.63) is 0 Å². The molecule has 0 aromatic rings. The lowest BCUT2D eigenvalue weighted by Gasteiger charge is -2.80. The van der Waals surface area contributed by atoms with E-state index < -0.39 is 17.0 Å². The molecule has 4 rings (SSSR count). The molecule has 0 spiro atoms. The molecule has 3 aliphatic carbocycles. The van der Waals surface area contributed by atoms with Gasteiger partial charge in [-0.05, 0) is 41.4 Å². The largest absolute Gasteiger partial charge is 0.399 e. The van der Waals surface area contributed by atoms with Crippen LogP contribution in [0.5, 0.6) is 0 Å². The summed E-state index contributed by atoms with van der Waals surface area (Å²) < 4.78 is 45.6. The third-order valence-corrected chi connectivity index (χ3v) is 7.06. The van der Waals surface area contributed by atoms with Crippen LogP contribution in [0.15, 0.2) is 0 Å². The van der Waals surface area contributed by atoms with Crippen molar-refractivity contribution in [1.82, 2.24) is 0 Å². The zero-order valence-electron chi connectivity index (χ0n) is 12.2. The van der Waals surface area contributed by atoms with Crippen LogP contribution < -0.4 is 0 Å². The fraction of sp³-hybridized carbons (Fsp3) is 1.00. The van der Waals surface area contributed by atoms with Crippen LogP contribution in [0.3, 0.4) is 0 Å². The average molecular weight is 276 g/mol. The molecule has 110 valence electrons. The molecule has 0 atom stereocenters. The maximum atomic E-state index is 13.5. The predicted octanol–water partition coefficient (Wildman–Crippen LogP) is 4.42. The molecule has 1 heterocycles. The van der Waals surface area contributed by atoms with Crippen LogP contribution in [0.25, 0.3) is 0 Å². The van der Waals surface area contributed by atoms with Gasteiger partial charge in [-0.2, -0.15) is 13.2 Å². The van der Waals surface area contributed by atoms with E-state index in [1.807, 2.05) is 13.8 Å². The van der Waals surface area contributed by atoms with Gasteiger partial charge in [-0.15, -0.1) is 0 Å². The van der Waals surface area contributed by atoms with Crippen molar-refractivity contribution in [2.45, 2.75) is 53.1 Å². The molecule has 3 saturated carbocycles. The maximum Gasteiger partial charge on any atom is 0.399 e. The highest BCUT2D eigenvalue weighted by Crippen LogP contribution is 2.84. The zero-order chi connectivity index (χ0) is 14.3. The van der Waals surface area contributed by atoms with Crippen molar-refractivity contribution in [2.75, 3.05) is 13.2 Å². The minimum absolute atomic E-state index is 0.101. The number of ether oxygens (including phenoxy) is 1. The van der Waals surface area contributed by atoms with Gasteiger partial charge >= 0.3 is 6.18 Å². The molecule has 1 saturated heterocycles. The number of halogens is 3. The Hall–Kier alpha value is -0.250. The summed E-state index contributed by atoms with van der Waals surface area (Å²) in [6, 6.07) is 0. The van der Waals surface area contributed by atoms with Gasteiger partial charge in [0.05, 0.1) is 13.2 Å². The van der Waals surface area contributed by atoms with Gasteiger partial charge in [0.1, 0.15) is 5.41 Å². The Morgan fingerprint density at radius 1 is 1.00 bits per heavy atom. The predicted molar refractivity (Wildman–Crippen MR) is 66.6 cm³/mol. The number of hydrogen-bond donors (Lipinski definition) is 0. The van der Waals surface area contributed by atoms with Crippen LogP contribution in [0.2, 0.25) is 0 Å². The van der Waals surface area contributed by atoms with E-state index in [1.165, 1.54) is 0 Å². The van der Waals surface area contributed by atoms with Gasteiger partial charge in [0, 0.05) is 0 Å². The molecule has 4 heteroatoms. The molecule has 0 aromatic carbocycles. The molecule has 0 radical (unpaired) electrons. The molecule has 19 heavy (non-hydrogen) atoms. The summed E-state index contributed by atoms with van der Waals surface area (Å²) in [4.78, 5) is 0. The van der Waals surface area contributed by atoms with E-state index in [-0.39, 0.29) is 18.6 Å². The van der Waals surface area contributed by atoms with Gasteiger partial charge in [-0.1, -0.05) is 27.7 Å². The molecular formula is C15H23F3O. The Labute approximate surface area is 112 Å². The van der Waals surface area contributed by atoms with Crippen molar-refractivity contribution < 1.29 is 17.9 Å². The molecule has 4 fully saturated rings. The summed E-state index contributed by atoms with van der Waals surface area (Å²) in [5.41, 5.74) is -2.10. The monoisotopic (exact) mass is 276 g/mol. The third-order valence-electron chi connectivity index (χ3n) is 7.06. The van der Waals surface area contributed by atoms with E-state index in [2.05, 4.69) is 13.8 Å². The van der Waals surface area contributed by atoms with Crippen LogP contribution >= 0.6 is 0 Å². The molecule has 0 unspecified atom stereocenters. The molecule has 4 aliphatic rings. The second-order valence-corrected chi connectivity index (χ2v) is 8.03. The standard InChI is InChI=1S/C15H23F3O/c1-10(2)12-5-13(6-12,7-12)11(3,4)14(8-19-9-14)15(16,17)18/h10H,5-9H2,1-4H3. The van der Waals surface area contributed by atoms with E-state index in [0.717, 1.165) is 19.3 Å². The van der Waals surface area contributed by atoms with E-state index in [4.69, 9.17) is 4.74 Å². The minimum atomic E-state index is -4.16. The fourth-order valence-corrected chi connectivity index (χ4v) is 4.83. The highest BCUT2D eigenvalue weighted by Gasteiger charge is 2.81. The number of rotatable bonds is 3. The summed E-state index contributed by atoms with van der Waals surface area (Å²) in [5.74, 6) is 0.588. The lowest BCUT2D eigenvalue weighted by Crippen LogP contribution is -2.76. The smallest absolute Gasteiger partial charge is 0.379 e. The number of hydrogen-bond acceptors (Lipinski definition) is 1. The van der Waals surface area contributed by atoms with Crippen molar-refractivity contribution in [1.29, 1.82) is 0 Å². The Bertz CT molecular complexity index is 384. The van der Waals surface area contributed by atoms with Gasteiger partial charge < -0.3 is 4.74 Å². The molecule has 1 nitrogen and oxygen atoms in total. The highest BCUT2D eigenvalue weighted by molar-refractivity contribution is 5.26. The quantitative estimate of drug-likeness (QED) is 0.741. The average Bonchev–Trinajstić information content (AvgIpc) is 1.86. The first-order valence-electron chi connectivity index (χ1n) is 7.17. The summed E-state index contributed by atoms with van der Waals surface area (Å²) in [6.07, 6.45) is -1.23. The normalized spacial score (nSPS) is 40.4. The van der Waals surface area contributed by atoms with Gasteiger partial charge in [0.15, 0.2) is 0 Å². The molecule has 0 N–H and O–H groups in total. The Kier molecular flexibility index (Phi) is 2.39. The fourth-order valence-electron chi connectivity index (χ4n) is 4.83. The van der Waals surface area contributed by atoms with Gasteiger partial charge in [-0.25, -0.2) is 0 Å². The van der Waals surface area contributed by atoms with Gasteiger partial charge in [0.2, 0.25) is 0 Å². The second-order valence-electron chi connectivity index (χ2n) is 8.03. The first-order chi connectivity index (χ1) is 8.52. The summed E-state index contributed by atoms with van der Waals surface area (Å²) >= 11 is 0. The third kappa shape index (κ3) is 1.28. The lowest BCUT2D eigenvalue weighted by molar-refractivity contribution is -0.402. The van der Waals surface area contributed by atoms with Crippen LogP contribution in [0, 0.1) is 27.6 Å². The molecule has 0 amide bonds. The highest BCUT2D eigenvalue weighted by atomic mass is 19.4. The molecule has 0 aromatic heterocycles. The van der Waals surface area contributed by atoms with Crippen molar-refractivity contribution in [3.63, 3.8) is 0 Å². The van der Waals surface area contributed by atoms with E-state index in [9.17, 15) is 13.2 Å². The van der Waals surface area contributed by atoms with Crippen LogP contribution in [0.4, 0.5) is 13.2 Å². The summed E-state index contributed by atoms with van der Waals surface area (Å²) in [5, 5.41) is 0. The first kappa shape index (κ1) is 13.7. The van der Waals surface area contributed by atoms with E-state index in [1.54, 1.807) is 0 Å². The molecular weight excluding hydrogens is 253 g/mol. The Morgan fingerprint density at radius 3 is 1.74 bits per heavy atom. The topological polar surface area (TPSA) is 9.23 Å². The van der Waals surface area contributed by atoms with E-state index >= 15 is 0 Å². The second kappa shape index (κ2) is 3.32. The van der Waals surface area contributed by atoms with Crippen LogP contribution in [-0.4, -0.2) is 19.4 Å². The first-order valence-corrected chi connectivity index (χ1v) is 7.17. The Morgan fingerprint density at radius 2 is 1.47 bits per heavy atom. The van der Waals surface area contributed by atoms with Crippen LogP contribution in [0.1, 0.15) is 47.0 Å². The zero-order valence-corrected chi connectivity index (χ0v) is 12.2. The molecule has 1 aliphatic heterocycles. The van der Waals surface area contributed by atoms with Crippen molar-refractivity contribution in [3.8, 4) is 0 Å². The van der Waals surface area contributed by atoms with E-state index in [0.29, 0.717) is 11.3 Å². The van der Waals surface area contributed by atoms with Crippen LogP contribution in [-0.2, 0) is 4.74 Å². The Balaban J connectivity index is 1.86. The SMILES string of the molecule is CC(C)C12CC(C(C)(C)C3(C(F)(F)F)COC3)(C1)C2. The van der Waals surface area contributed by atoms with Crippen molar-refractivity contribution >= 4 is 0 Å². The minimum Gasteiger partial charge on any atom is -0.379 e. The molecule has 2 bridgehead atoms.